The average Bonchev–Trinajstić information content (AvgIpc) is 2.40. The van der Waals surface area contributed by atoms with Crippen molar-refractivity contribution in [2.24, 2.45) is 0 Å². The molecule has 0 saturated heterocycles. The Bertz CT molecular complexity index is 650. The van der Waals surface area contributed by atoms with Gasteiger partial charge < -0.3 is 15.8 Å². The third kappa shape index (κ3) is 2.93. The van der Waals surface area contributed by atoms with Gasteiger partial charge >= 0.3 is 0 Å². The molecule has 0 radical (unpaired) electrons. The summed E-state index contributed by atoms with van der Waals surface area (Å²) in [6.45, 7) is 0. The van der Waals surface area contributed by atoms with Crippen LogP contribution in [0.25, 0.3) is 0 Å². The third-order valence-electron chi connectivity index (χ3n) is 2.54. The van der Waals surface area contributed by atoms with E-state index in [0.717, 1.165) is 0 Å². The fraction of sp³-hybridized carbons (Fsp3) is 0.0714. The molecule has 4 nitrogen and oxygen atoms in total. The highest BCUT2D eigenvalue weighted by molar-refractivity contribution is 5.67. The van der Waals surface area contributed by atoms with Crippen molar-refractivity contribution in [3.63, 3.8) is 0 Å². The Morgan fingerprint density at radius 1 is 1.21 bits per heavy atom. The average molecular weight is 257 g/mol. The van der Waals surface area contributed by atoms with Crippen molar-refractivity contribution in [3.8, 4) is 11.8 Å². The Morgan fingerprint density at radius 2 is 2.00 bits per heavy atom. The van der Waals surface area contributed by atoms with Gasteiger partial charge in [0.1, 0.15) is 17.6 Å². The minimum Gasteiger partial charge on any atom is -0.497 e. The molecule has 0 aromatic heterocycles. The van der Waals surface area contributed by atoms with Gasteiger partial charge in [-0.3, -0.25) is 0 Å². The Labute approximate surface area is 110 Å². The Hall–Kier alpha value is -2.74. The molecule has 96 valence electrons. The van der Waals surface area contributed by atoms with Crippen LogP contribution in [0.15, 0.2) is 36.4 Å². The van der Waals surface area contributed by atoms with E-state index in [0.29, 0.717) is 22.8 Å². The quantitative estimate of drug-likeness (QED) is 0.829. The first-order valence-corrected chi connectivity index (χ1v) is 5.53. The van der Waals surface area contributed by atoms with Crippen molar-refractivity contribution >= 4 is 17.1 Å². The Balaban J connectivity index is 2.31. The van der Waals surface area contributed by atoms with Crippen molar-refractivity contribution in [2.45, 2.75) is 0 Å². The highest BCUT2D eigenvalue weighted by atomic mass is 19.1. The minimum atomic E-state index is -0.543. The molecular weight excluding hydrogens is 245 g/mol. The summed E-state index contributed by atoms with van der Waals surface area (Å²) < 4.78 is 18.3. The Kier molecular flexibility index (Phi) is 3.53. The van der Waals surface area contributed by atoms with Crippen LogP contribution in [0.3, 0.4) is 0 Å². The van der Waals surface area contributed by atoms with E-state index < -0.39 is 5.82 Å². The van der Waals surface area contributed by atoms with E-state index in [4.69, 9.17) is 15.7 Å². The molecule has 0 saturated carbocycles. The fourth-order valence-corrected chi connectivity index (χ4v) is 1.67. The monoisotopic (exact) mass is 257 g/mol. The van der Waals surface area contributed by atoms with E-state index in [1.165, 1.54) is 12.1 Å². The van der Waals surface area contributed by atoms with Gasteiger partial charge in [-0.05, 0) is 24.3 Å². The summed E-state index contributed by atoms with van der Waals surface area (Å²) in [5.41, 5.74) is 7.57. The van der Waals surface area contributed by atoms with Crippen LogP contribution in [-0.2, 0) is 0 Å². The second kappa shape index (κ2) is 5.27. The maximum atomic E-state index is 13.2. The molecule has 3 N–H and O–H groups in total. The number of ether oxygens (including phenoxy) is 1. The molecule has 0 aliphatic heterocycles. The van der Waals surface area contributed by atoms with Crippen LogP contribution < -0.4 is 15.8 Å². The molecule has 0 amide bonds. The summed E-state index contributed by atoms with van der Waals surface area (Å²) in [6, 6.07) is 11.2. The third-order valence-corrected chi connectivity index (χ3v) is 2.54. The molecular formula is C14H12FN3O. The predicted molar refractivity (Wildman–Crippen MR) is 71.8 cm³/mol. The lowest BCUT2D eigenvalue weighted by molar-refractivity contribution is 0.415. The maximum absolute atomic E-state index is 13.2. The number of methoxy groups -OCH3 is 1. The molecule has 0 atom stereocenters. The number of hydrogen-bond acceptors (Lipinski definition) is 4. The molecule has 2 rings (SSSR count). The van der Waals surface area contributed by atoms with Crippen LogP contribution in [0.2, 0.25) is 0 Å². The van der Waals surface area contributed by atoms with Gasteiger partial charge in [-0.1, -0.05) is 0 Å². The number of nitrogens with one attached hydrogen (secondary N) is 1. The van der Waals surface area contributed by atoms with E-state index >= 15 is 0 Å². The van der Waals surface area contributed by atoms with Crippen molar-refractivity contribution in [3.05, 3.63) is 47.8 Å². The maximum Gasteiger partial charge on any atom is 0.141 e. The molecule has 2 aromatic rings. The normalized spacial score (nSPS) is 9.74. The molecule has 0 bridgehead atoms. The number of nitrogens with two attached hydrogens (primary N) is 1. The van der Waals surface area contributed by atoms with Crippen LogP contribution in [0.5, 0.6) is 5.75 Å². The van der Waals surface area contributed by atoms with Crippen LogP contribution in [0, 0.1) is 17.1 Å². The predicted octanol–water partition coefficient (Wildman–Crippen LogP) is 3.03. The van der Waals surface area contributed by atoms with Gasteiger partial charge in [0.25, 0.3) is 0 Å². The molecule has 0 aliphatic rings. The fourth-order valence-electron chi connectivity index (χ4n) is 1.67. The SMILES string of the molecule is COc1cc(N)cc(Nc2ccc(F)c(C#N)c2)c1. The molecule has 5 heteroatoms. The summed E-state index contributed by atoms with van der Waals surface area (Å²) in [5, 5.41) is 11.8. The summed E-state index contributed by atoms with van der Waals surface area (Å²) in [4.78, 5) is 0. The van der Waals surface area contributed by atoms with E-state index in [-0.39, 0.29) is 5.56 Å². The van der Waals surface area contributed by atoms with Crippen LogP contribution >= 0.6 is 0 Å². The van der Waals surface area contributed by atoms with Crippen LogP contribution in [-0.4, -0.2) is 7.11 Å². The second-order valence-electron chi connectivity index (χ2n) is 3.93. The lowest BCUT2D eigenvalue weighted by Gasteiger charge is -2.10. The molecule has 19 heavy (non-hydrogen) atoms. The highest BCUT2D eigenvalue weighted by Gasteiger charge is 2.04. The highest BCUT2D eigenvalue weighted by Crippen LogP contribution is 2.25. The number of benzene rings is 2. The zero-order valence-corrected chi connectivity index (χ0v) is 10.3. The zero-order valence-electron chi connectivity index (χ0n) is 10.3. The molecule has 2 aromatic carbocycles. The molecule has 0 spiro atoms. The lowest BCUT2D eigenvalue weighted by atomic mass is 10.2. The van der Waals surface area contributed by atoms with Gasteiger partial charge in [0.05, 0.1) is 12.7 Å². The van der Waals surface area contributed by atoms with E-state index in [2.05, 4.69) is 5.32 Å². The first-order valence-electron chi connectivity index (χ1n) is 5.53. The molecule has 0 heterocycles. The lowest BCUT2D eigenvalue weighted by Crippen LogP contribution is -1.95. The molecule has 0 unspecified atom stereocenters. The summed E-state index contributed by atoms with van der Waals surface area (Å²) in [7, 11) is 1.55. The smallest absolute Gasteiger partial charge is 0.141 e. The number of nitrogens with zero attached hydrogens (tertiary/aromatic N) is 1. The van der Waals surface area contributed by atoms with E-state index in [1.807, 2.05) is 0 Å². The number of rotatable bonds is 3. The van der Waals surface area contributed by atoms with Crippen molar-refractivity contribution < 1.29 is 9.13 Å². The van der Waals surface area contributed by atoms with E-state index in [9.17, 15) is 4.39 Å². The first kappa shape index (κ1) is 12.7. The summed E-state index contributed by atoms with van der Waals surface area (Å²) in [5.74, 6) is 0.0725. The van der Waals surface area contributed by atoms with Gasteiger partial charge in [0.2, 0.25) is 0 Å². The van der Waals surface area contributed by atoms with Gasteiger partial charge in [-0.15, -0.1) is 0 Å². The summed E-state index contributed by atoms with van der Waals surface area (Å²) >= 11 is 0. The number of nitriles is 1. The number of nitrogen functional groups attached to an aromatic ring is 1. The summed E-state index contributed by atoms with van der Waals surface area (Å²) in [6.07, 6.45) is 0. The second-order valence-corrected chi connectivity index (χ2v) is 3.93. The van der Waals surface area contributed by atoms with Crippen molar-refractivity contribution in [1.82, 2.24) is 0 Å². The van der Waals surface area contributed by atoms with Crippen LogP contribution in [0.4, 0.5) is 21.5 Å². The Morgan fingerprint density at radius 3 is 2.68 bits per heavy atom. The molecule has 0 aliphatic carbocycles. The molecule has 0 fully saturated rings. The van der Waals surface area contributed by atoms with Gasteiger partial charge in [0, 0.05) is 29.2 Å². The van der Waals surface area contributed by atoms with Crippen molar-refractivity contribution in [1.29, 1.82) is 5.26 Å². The number of anilines is 3. The minimum absolute atomic E-state index is 0.0131. The van der Waals surface area contributed by atoms with Gasteiger partial charge in [0.15, 0.2) is 0 Å². The van der Waals surface area contributed by atoms with Crippen LogP contribution in [0.1, 0.15) is 5.56 Å². The topological polar surface area (TPSA) is 71.1 Å². The number of hydrogen-bond donors (Lipinski definition) is 2. The van der Waals surface area contributed by atoms with Gasteiger partial charge in [-0.2, -0.15) is 5.26 Å². The zero-order chi connectivity index (χ0) is 13.8. The largest absolute Gasteiger partial charge is 0.497 e. The van der Waals surface area contributed by atoms with Gasteiger partial charge in [-0.25, -0.2) is 4.39 Å². The van der Waals surface area contributed by atoms with E-state index in [1.54, 1.807) is 37.4 Å². The standard InChI is InChI=1S/C14H12FN3O/c1-19-13-6-10(17)5-12(7-13)18-11-2-3-14(15)9(4-11)8-16/h2-7,18H,17H2,1H3. The number of halogens is 1. The van der Waals surface area contributed by atoms with Crippen molar-refractivity contribution in [2.75, 3.05) is 18.2 Å². The first-order chi connectivity index (χ1) is 9.12.